The van der Waals surface area contributed by atoms with E-state index in [2.05, 4.69) is 190 Å². The maximum Gasteiger partial charge on any atom is 0.0788 e. The van der Waals surface area contributed by atoms with Crippen LogP contribution in [0.2, 0.25) is 0 Å². The third-order valence-electron chi connectivity index (χ3n) is 9.67. The molecule has 0 atom stereocenters. The molecule has 7 aromatic carbocycles. The quantitative estimate of drug-likeness (QED) is 0.191. The fourth-order valence-electron chi connectivity index (χ4n) is 7.56. The topological polar surface area (TPSA) is 14.8 Å². The molecule has 0 saturated carbocycles. The van der Waals surface area contributed by atoms with Crippen molar-refractivity contribution in [1.29, 1.82) is 0 Å². The molecule has 0 aliphatic heterocycles. The molecule has 3 aromatic heterocycles. The second kappa shape index (κ2) is 10.1. The summed E-state index contributed by atoms with van der Waals surface area (Å²) in [4.78, 5) is 0. The number of rotatable bonds is 4. The zero-order chi connectivity index (χ0) is 30.9. The number of hydrogen-bond acceptors (Lipinski definition) is 0. The van der Waals surface area contributed by atoms with Crippen LogP contribution in [-0.2, 0) is 0 Å². The first-order valence-corrected chi connectivity index (χ1v) is 16.1. The smallest absolute Gasteiger partial charge is 0.0788 e. The molecule has 0 fully saturated rings. The Bertz CT molecular complexity index is 2760. The monoisotopic (exact) mass is 599 g/mol. The molecule has 10 aromatic rings. The molecule has 0 N–H and O–H groups in total. The van der Waals surface area contributed by atoms with Crippen LogP contribution in [0.5, 0.6) is 0 Å². The van der Waals surface area contributed by atoms with Gasteiger partial charge in [-0.2, -0.15) is 0 Å². The number of aromatic nitrogens is 3. The number of para-hydroxylation sites is 3. The lowest BCUT2D eigenvalue weighted by molar-refractivity contribution is 1.10. The van der Waals surface area contributed by atoms with Gasteiger partial charge in [0.1, 0.15) is 0 Å². The van der Waals surface area contributed by atoms with Crippen molar-refractivity contribution in [2.75, 3.05) is 0 Å². The van der Waals surface area contributed by atoms with Crippen LogP contribution in [0, 0.1) is 0 Å². The van der Waals surface area contributed by atoms with Crippen LogP contribution in [0.15, 0.2) is 176 Å². The summed E-state index contributed by atoms with van der Waals surface area (Å²) in [5.74, 6) is 0. The SMILES string of the molecule is c1ccc(-c2ccc3c(c2)c2ccccc2n3-c2ccc(-n3ccc4ccc5c6ccccc6n(-c6ccccc6)c5c43)cc2)cc1. The predicted molar refractivity (Wildman–Crippen MR) is 197 cm³/mol. The third-order valence-corrected chi connectivity index (χ3v) is 9.67. The molecule has 0 radical (unpaired) electrons. The Morgan fingerprint density at radius 3 is 1.68 bits per heavy atom. The van der Waals surface area contributed by atoms with Crippen LogP contribution in [-0.4, -0.2) is 13.7 Å². The highest BCUT2D eigenvalue weighted by Crippen LogP contribution is 2.39. The van der Waals surface area contributed by atoms with Gasteiger partial charge in [0.05, 0.1) is 27.6 Å². The molecule has 220 valence electrons. The molecule has 3 nitrogen and oxygen atoms in total. The van der Waals surface area contributed by atoms with Crippen LogP contribution < -0.4 is 0 Å². The van der Waals surface area contributed by atoms with Gasteiger partial charge in [-0.1, -0.05) is 103 Å². The highest BCUT2D eigenvalue weighted by molar-refractivity contribution is 6.18. The second-order valence-corrected chi connectivity index (χ2v) is 12.2. The summed E-state index contributed by atoms with van der Waals surface area (Å²) in [6.45, 7) is 0. The van der Waals surface area contributed by atoms with Crippen LogP contribution in [0.25, 0.3) is 82.7 Å². The highest BCUT2D eigenvalue weighted by Gasteiger charge is 2.18. The zero-order valence-corrected chi connectivity index (χ0v) is 25.6. The summed E-state index contributed by atoms with van der Waals surface area (Å²) in [5.41, 5.74) is 12.0. The van der Waals surface area contributed by atoms with Gasteiger partial charge in [-0.3, -0.25) is 0 Å². The Labute approximate surface area is 271 Å². The first-order chi connectivity index (χ1) is 23.3. The fraction of sp³-hybridized carbons (Fsp3) is 0. The average Bonchev–Trinajstić information content (AvgIpc) is 3.82. The second-order valence-electron chi connectivity index (χ2n) is 12.2. The van der Waals surface area contributed by atoms with Gasteiger partial charge in [-0.05, 0) is 77.9 Å². The summed E-state index contributed by atoms with van der Waals surface area (Å²) >= 11 is 0. The van der Waals surface area contributed by atoms with E-state index in [9.17, 15) is 0 Å². The van der Waals surface area contributed by atoms with Gasteiger partial charge in [0.25, 0.3) is 0 Å². The van der Waals surface area contributed by atoms with Crippen LogP contribution in [0.1, 0.15) is 0 Å². The molecular formula is C44H29N3. The zero-order valence-electron chi connectivity index (χ0n) is 25.6. The number of fused-ring (bicyclic) bond motifs is 8. The number of benzene rings is 7. The van der Waals surface area contributed by atoms with E-state index in [4.69, 9.17) is 0 Å². The largest absolute Gasteiger partial charge is 0.315 e. The van der Waals surface area contributed by atoms with E-state index in [-0.39, 0.29) is 0 Å². The molecule has 0 bridgehead atoms. The number of nitrogens with zero attached hydrogens (tertiary/aromatic N) is 3. The first-order valence-electron chi connectivity index (χ1n) is 16.1. The Kier molecular flexibility index (Phi) is 5.57. The van der Waals surface area contributed by atoms with Gasteiger partial charge >= 0.3 is 0 Å². The fourth-order valence-corrected chi connectivity index (χ4v) is 7.56. The lowest BCUT2D eigenvalue weighted by Crippen LogP contribution is -1.99. The minimum Gasteiger partial charge on any atom is -0.315 e. The summed E-state index contributed by atoms with van der Waals surface area (Å²) in [6, 6.07) is 61.4. The van der Waals surface area contributed by atoms with E-state index < -0.39 is 0 Å². The average molecular weight is 600 g/mol. The third kappa shape index (κ3) is 3.87. The van der Waals surface area contributed by atoms with Gasteiger partial charge in [-0.15, -0.1) is 0 Å². The van der Waals surface area contributed by atoms with Crippen molar-refractivity contribution in [2.45, 2.75) is 0 Å². The summed E-state index contributed by atoms with van der Waals surface area (Å²) in [7, 11) is 0. The molecule has 0 saturated heterocycles. The summed E-state index contributed by atoms with van der Waals surface area (Å²) < 4.78 is 7.15. The maximum absolute atomic E-state index is 2.42. The molecule has 0 spiro atoms. The van der Waals surface area contributed by atoms with Gasteiger partial charge in [0.2, 0.25) is 0 Å². The standard InChI is InChI=1S/C44H29N3/c1-3-11-30(12-4-1)32-20-26-42-39(29-32)37-16-8-9-17-40(37)46(42)35-23-21-33(22-24-35)45-28-27-31-19-25-38-36-15-7-10-18-41(36)47(44(38)43(31)45)34-13-5-2-6-14-34/h1-29H. The van der Waals surface area contributed by atoms with Crippen molar-refractivity contribution >= 4 is 54.5 Å². The van der Waals surface area contributed by atoms with E-state index in [1.54, 1.807) is 0 Å². The van der Waals surface area contributed by atoms with Gasteiger partial charge in [-0.25, -0.2) is 0 Å². The van der Waals surface area contributed by atoms with Crippen LogP contribution >= 0.6 is 0 Å². The van der Waals surface area contributed by atoms with Crippen molar-refractivity contribution in [3.8, 4) is 28.2 Å². The normalized spacial score (nSPS) is 11.8. The Hall–Kier alpha value is -6.32. The Balaban J connectivity index is 1.16. The van der Waals surface area contributed by atoms with E-state index in [0.29, 0.717) is 0 Å². The Morgan fingerprint density at radius 2 is 0.915 bits per heavy atom. The minimum absolute atomic E-state index is 1.13. The predicted octanol–water partition coefficient (Wildman–Crippen LogP) is 11.5. The number of hydrogen-bond donors (Lipinski definition) is 0. The van der Waals surface area contributed by atoms with E-state index >= 15 is 0 Å². The molecule has 0 aliphatic carbocycles. The molecule has 10 rings (SSSR count). The molecule has 0 aliphatic rings. The Morgan fingerprint density at radius 1 is 0.319 bits per heavy atom. The minimum atomic E-state index is 1.13. The van der Waals surface area contributed by atoms with E-state index in [0.717, 1.165) is 17.1 Å². The summed E-state index contributed by atoms with van der Waals surface area (Å²) in [5, 5.41) is 6.26. The van der Waals surface area contributed by atoms with Crippen LogP contribution in [0.3, 0.4) is 0 Å². The molecule has 0 unspecified atom stereocenters. The first kappa shape index (κ1) is 26.0. The van der Waals surface area contributed by atoms with E-state index in [1.165, 1.54) is 65.6 Å². The van der Waals surface area contributed by atoms with Gasteiger partial charge in [0, 0.05) is 50.2 Å². The van der Waals surface area contributed by atoms with Gasteiger partial charge in [0.15, 0.2) is 0 Å². The summed E-state index contributed by atoms with van der Waals surface area (Å²) in [6.07, 6.45) is 2.21. The molecule has 47 heavy (non-hydrogen) atoms. The maximum atomic E-state index is 2.42. The molecule has 0 amide bonds. The molecule has 3 heteroatoms. The van der Waals surface area contributed by atoms with Crippen molar-refractivity contribution in [3.63, 3.8) is 0 Å². The lowest BCUT2D eigenvalue weighted by atomic mass is 10.0. The highest BCUT2D eigenvalue weighted by atomic mass is 15.0. The van der Waals surface area contributed by atoms with Crippen molar-refractivity contribution < 1.29 is 0 Å². The van der Waals surface area contributed by atoms with Gasteiger partial charge < -0.3 is 13.7 Å². The molecule has 3 heterocycles. The van der Waals surface area contributed by atoms with E-state index in [1.807, 2.05) is 0 Å². The van der Waals surface area contributed by atoms with Crippen molar-refractivity contribution in [2.24, 2.45) is 0 Å². The lowest BCUT2D eigenvalue weighted by Gasteiger charge is -2.13. The van der Waals surface area contributed by atoms with Crippen molar-refractivity contribution in [3.05, 3.63) is 176 Å². The molecular weight excluding hydrogens is 571 g/mol. The van der Waals surface area contributed by atoms with Crippen molar-refractivity contribution in [1.82, 2.24) is 13.7 Å². The van der Waals surface area contributed by atoms with Crippen LogP contribution in [0.4, 0.5) is 0 Å².